The van der Waals surface area contributed by atoms with Crippen molar-refractivity contribution in [2.45, 2.75) is 25.8 Å². The summed E-state index contributed by atoms with van der Waals surface area (Å²) in [6, 6.07) is 1.14. The van der Waals surface area contributed by atoms with Gasteiger partial charge < -0.3 is 10.0 Å². The standard InChI is InChI=1S/C11H12BrNO3S/c1-6-5-8(17-9(6)12)10(14)13-4-2-3-7(13)11(15)16/h5,7H,2-4H2,1H3,(H,15,16)/t7-/m1/s1. The number of hydrogen-bond donors (Lipinski definition) is 1. The van der Waals surface area contributed by atoms with E-state index in [1.807, 2.05) is 6.92 Å². The molecule has 0 unspecified atom stereocenters. The molecule has 1 atom stereocenters. The average Bonchev–Trinajstić information content (AvgIpc) is 2.85. The Labute approximate surface area is 111 Å². The summed E-state index contributed by atoms with van der Waals surface area (Å²) in [6.07, 6.45) is 1.31. The van der Waals surface area contributed by atoms with Crippen LogP contribution < -0.4 is 0 Å². The zero-order valence-electron chi connectivity index (χ0n) is 9.27. The van der Waals surface area contributed by atoms with Crippen LogP contribution in [0.1, 0.15) is 28.1 Å². The monoisotopic (exact) mass is 317 g/mol. The van der Waals surface area contributed by atoms with Gasteiger partial charge in [0, 0.05) is 6.54 Å². The molecule has 4 nitrogen and oxygen atoms in total. The first kappa shape index (κ1) is 12.6. The Morgan fingerprint density at radius 3 is 2.82 bits per heavy atom. The Morgan fingerprint density at radius 1 is 1.59 bits per heavy atom. The largest absolute Gasteiger partial charge is 0.480 e. The molecular formula is C11H12BrNO3S. The number of carboxylic acids is 1. The van der Waals surface area contributed by atoms with Gasteiger partial charge in [-0.05, 0) is 47.3 Å². The summed E-state index contributed by atoms with van der Waals surface area (Å²) in [6.45, 7) is 2.44. The minimum atomic E-state index is -0.914. The second-order valence-electron chi connectivity index (χ2n) is 4.06. The van der Waals surface area contributed by atoms with E-state index in [0.717, 1.165) is 15.8 Å². The molecule has 2 rings (SSSR count). The number of carboxylic acid groups (broad SMARTS) is 1. The van der Waals surface area contributed by atoms with E-state index in [-0.39, 0.29) is 5.91 Å². The summed E-state index contributed by atoms with van der Waals surface area (Å²) < 4.78 is 0.923. The number of carbonyl (C=O) groups excluding carboxylic acids is 1. The lowest BCUT2D eigenvalue weighted by molar-refractivity contribution is -0.141. The van der Waals surface area contributed by atoms with Gasteiger partial charge in [0.1, 0.15) is 6.04 Å². The molecule has 6 heteroatoms. The van der Waals surface area contributed by atoms with Gasteiger partial charge in [-0.1, -0.05) is 0 Å². The third-order valence-electron chi connectivity index (χ3n) is 2.87. The number of nitrogens with zero attached hydrogens (tertiary/aromatic N) is 1. The highest BCUT2D eigenvalue weighted by Crippen LogP contribution is 2.30. The number of halogens is 1. The molecule has 1 fully saturated rings. The summed E-state index contributed by atoms with van der Waals surface area (Å²) in [5.41, 5.74) is 1.00. The molecule has 1 aromatic rings. The Balaban J connectivity index is 2.22. The highest BCUT2D eigenvalue weighted by molar-refractivity contribution is 9.11. The first-order valence-electron chi connectivity index (χ1n) is 5.30. The molecule has 0 radical (unpaired) electrons. The minimum absolute atomic E-state index is 0.172. The van der Waals surface area contributed by atoms with Gasteiger partial charge in [0.25, 0.3) is 5.91 Å². The van der Waals surface area contributed by atoms with E-state index in [1.54, 1.807) is 6.07 Å². The van der Waals surface area contributed by atoms with Crippen LogP contribution in [-0.4, -0.2) is 34.5 Å². The second kappa shape index (κ2) is 4.78. The first-order valence-corrected chi connectivity index (χ1v) is 6.91. The lowest BCUT2D eigenvalue weighted by Crippen LogP contribution is -2.40. The first-order chi connectivity index (χ1) is 8.00. The van der Waals surface area contributed by atoms with Gasteiger partial charge in [-0.2, -0.15) is 0 Å². The molecule has 1 aliphatic rings. The van der Waals surface area contributed by atoms with Crippen LogP contribution in [0, 0.1) is 6.92 Å². The van der Waals surface area contributed by atoms with Crippen LogP contribution in [0.3, 0.4) is 0 Å². The van der Waals surface area contributed by atoms with Crippen molar-refractivity contribution in [2.75, 3.05) is 6.54 Å². The molecule has 1 aliphatic heterocycles. The third-order valence-corrected chi connectivity index (χ3v) is 4.99. The van der Waals surface area contributed by atoms with Crippen LogP contribution in [0.5, 0.6) is 0 Å². The highest BCUT2D eigenvalue weighted by atomic mass is 79.9. The van der Waals surface area contributed by atoms with E-state index < -0.39 is 12.0 Å². The SMILES string of the molecule is Cc1cc(C(=O)N2CCC[C@@H]2C(=O)O)sc1Br. The Kier molecular flexibility index (Phi) is 3.53. The zero-order valence-corrected chi connectivity index (χ0v) is 11.7. The second-order valence-corrected chi connectivity index (χ2v) is 6.43. The van der Waals surface area contributed by atoms with E-state index in [1.165, 1.54) is 16.2 Å². The fraction of sp³-hybridized carbons (Fsp3) is 0.455. The summed E-state index contributed by atoms with van der Waals surface area (Å²) >= 11 is 4.72. The predicted molar refractivity (Wildman–Crippen MR) is 68.5 cm³/mol. The van der Waals surface area contributed by atoms with Gasteiger partial charge in [-0.3, -0.25) is 4.79 Å². The fourth-order valence-corrected chi connectivity index (χ4v) is 3.46. The van der Waals surface area contributed by atoms with Crippen molar-refractivity contribution < 1.29 is 14.7 Å². The minimum Gasteiger partial charge on any atom is -0.480 e. The number of rotatable bonds is 2. The number of carbonyl (C=O) groups is 2. The average molecular weight is 318 g/mol. The van der Waals surface area contributed by atoms with Gasteiger partial charge >= 0.3 is 5.97 Å². The molecule has 0 aromatic carbocycles. The maximum Gasteiger partial charge on any atom is 0.326 e. The van der Waals surface area contributed by atoms with E-state index >= 15 is 0 Å². The van der Waals surface area contributed by atoms with Gasteiger partial charge in [0.15, 0.2) is 0 Å². The third kappa shape index (κ3) is 2.37. The van der Waals surface area contributed by atoms with Gasteiger partial charge in [0.2, 0.25) is 0 Å². The topological polar surface area (TPSA) is 57.6 Å². The van der Waals surface area contributed by atoms with Crippen LogP contribution in [0.25, 0.3) is 0 Å². The smallest absolute Gasteiger partial charge is 0.326 e. The molecule has 0 spiro atoms. The highest BCUT2D eigenvalue weighted by Gasteiger charge is 2.35. The lowest BCUT2D eigenvalue weighted by atomic mass is 10.2. The molecule has 0 saturated carbocycles. The molecule has 1 amide bonds. The predicted octanol–water partition coefficient (Wildman–Crippen LogP) is 2.51. The van der Waals surface area contributed by atoms with Crippen LogP contribution >= 0.6 is 27.3 Å². The summed E-state index contributed by atoms with van der Waals surface area (Å²) in [5.74, 6) is -1.09. The quantitative estimate of drug-likeness (QED) is 0.911. The lowest BCUT2D eigenvalue weighted by Gasteiger charge is -2.20. The van der Waals surface area contributed by atoms with Crippen LogP contribution in [0.4, 0.5) is 0 Å². The molecule has 1 aromatic heterocycles. The summed E-state index contributed by atoms with van der Waals surface area (Å²) in [7, 11) is 0. The van der Waals surface area contributed by atoms with E-state index in [0.29, 0.717) is 17.8 Å². The Hall–Kier alpha value is -0.880. The van der Waals surface area contributed by atoms with Crippen molar-refractivity contribution in [1.29, 1.82) is 0 Å². The van der Waals surface area contributed by atoms with Crippen molar-refractivity contribution in [1.82, 2.24) is 4.90 Å². The molecule has 2 heterocycles. The van der Waals surface area contributed by atoms with E-state index in [4.69, 9.17) is 5.11 Å². The van der Waals surface area contributed by atoms with Crippen LogP contribution in [0.2, 0.25) is 0 Å². The van der Waals surface area contributed by atoms with Gasteiger partial charge in [-0.25, -0.2) is 4.79 Å². The summed E-state index contributed by atoms with van der Waals surface area (Å²) in [4.78, 5) is 25.3. The number of aryl methyl sites for hydroxylation is 1. The molecule has 92 valence electrons. The van der Waals surface area contributed by atoms with Crippen molar-refractivity contribution >= 4 is 39.1 Å². The molecule has 17 heavy (non-hydrogen) atoms. The molecule has 1 saturated heterocycles. The van der Waals surface area contributed by atoms with Gasteiger partial charge in [-0.15, -0.1) is 11.3 Å². The van der Waals surface area contributed by atoms with Crippen molar-refractivity contribution in [3.05, 3.63) is 20.3 Å². The number of hydrogen-bond acceptors (Lipinski definition) is 3. The summed E-state index contributed by atoms with van der Waals surface area (Å²) in [5, 5.41) is 9.04. The number of amides is 1. The van der Waals surface area contributed by atoms with Gasteiger partial charge in [0.05, 0.1) is 8.66 Å². The van der Waals surface area contributed by atoms with Crippen LogP contribution in [-0.2, 0) is 4.79 Å². The van der Waals surface area contributed by atoms with Crippen LogP contribution in [0.15, 0.2) is 9.85 Å². The molecule has 0 bridgehead atoms. The number of likely N-dealkylation sites (tertiary alicyclic amines) is 1. The van der Waals surface area contributed by atoms with Crippen molar-refractivity contribution in [3.63, 3.8) is 0 Å². The van der Waals surface area contributed by atoms with Crippen molar-refractivity contribution in [3.8, 4) is 0 Å². The van der Waals surface area contributed by atoms with E-state index in [9.17, 15) is 9.59 Å². The zero-order chi connectivity index (χ0) is 12.6. The normalized spacial score (nSPS) is 19.6. The molecular weight excluding hydrogens is 306 g/mol. The number of aliphatic carboxylic acids is 1. The maximum absolute atomic E-state index is 12.2. The number of thiophene rings is 1. The van der Waals surface area contributed by atoms with E-state index in [2.05, 4.69) is 15.9 Å². The van der Waals surface area contributed by atoms with Crippen molar-refractivity contribution in [2.24, 2.45) is 0 Å². The molecule has 0 aliphatic carbocycles. The fourth-order valence-electron chi connectivity index (χ4n) is 1.97. The Morgan fingerprint density at radius 2 is 2.29 bits per heavy atom. The maximum atomic E-state index is 12.2. The molecule has 1 N–H and O–H groups in total. The Bertz CT molecular complexity index is 452.